The molecule has 0 saturated heterocycles. The molecule has 0 bridgehead atoms. The molecule has 51 heavy (non-hydrogen) atoms. The van der Waals surface area contributed by atoms with Crippen molar-refractivity contribution in [3.05, 3.63) is 12.2 Å². The summed E-state index contributed by atoms with van der Waals surface area (Å²) in [6, 6.07) is 0. The van der Waals surface area contributed by atoms with E-state index in [-0.39, 0.29) is 29.3 Å². The van der Waals surface area contributed by atoms with Crippen molar-refractivity contribution in [2.75, 3.05) is 0 Å². The second kappa shape index (κ2) is 16.9. The molecule has 3 nitrogen and oxygen atoms in total. The molecule has 11 atom stereocenters. The Morgan fingerprint density at radius 1 is 0.706 bits per heavy atom. The van der Waals surface area contributed by atoms with Crippen LogP contribution < -0.4 is 0 Å². The molecule has 5 fully saturated rings. The van der Waals surface area contributed by atoms with E-state index in [0.717, 1.165) is 49.9 Å². The number of aliphatic hydroxyl groups excluding tert-OH is 1. The maximum absolute atomic E-state index is 13.3. The Labute approximate surface area is 316 Å². The van der Waals surface area contributed by atoms with Gasteiger partial charge in [-0.1, -0.05) is 144 Å². The molecule has 0 spiro atoms. The molecule has 5 rings (SSSR count). The normalized spacial score (nSPS) is 40.4. The molecule has 0 amide bonds. The first-order valence-corrected chi connectivity index (χ1v) is 22.7. The van der Waals surface area contributed by atoms with Crippen molar-refractivity contribution in [3.8, 4) is 0 Å². The Bertz CT molecular complexity index is 1160. The molecule has 5 aliphatic carbocycles. The Kier molecular flexibility index (Phi) is 13.7. The molecule has 5 aliphatic rings. The summed E-state index contributed by atoms with van der Waals surface area (Å²) in [6.07, 6.45) is 30.4. The third-order valence-electron chi connectivity index (χ3n) is 17.7. The second-order valence-electron chi connectivity index (χ2n) is 21.1. The summed E-state index contributed by atoms with van der Waals surface area (Å²) in [7, 11) is 0. The molecule has 5 saturated carbocycles. The lowest BCUT2D eigenvalue weighted by Crippen LogP contribution is -2.66. The Morgan fingerprint density at radius 2 is 1.31 bits per heavy atom. The van der Waals surface area contributed by atoms with E-state index in [1.807, 2.05) is 0 Å². The zero-order valence-corrected chi connectivity index (χ0v) is 35.2. The minimum absolute atomic E-state index is 0.0481. The van der Waals surface area contributed by atoms with Gasteiger partial charge in [-0.3, -0.25) is 4.79 Å². The maximum Gasteiger partial charge on any atom is 0.308 e. The van der Waals surface area contributed by atoms with Crippen molar-refractivity contribution < 1.29 is 14.6 Å². The van der Waals surface area contributed by atoms with E-state index in [2.05, 4.69) is 62.0 Å². The molecule has 0 heterocycles. The van der Waals surface area contributed by atoms with Gasteiger partial charge in [0.25, 0.3) is 0 Å². The van der Waals surface area contributed by atoms with Crippen LogP contribution in [-0.4, -0.2) is 23.3 Å². The van der Waals surface area contributed by atoms with Gasteiger partial charge in [0.1, 0.15) is 6.10 Å². The van der Waals surface area contributed by atoms with Crippen molar-refractivity contribution in [1.82, 2.24) is 0 Å². The van der Waals surface area contributed by atoms with Crippen molar-refractivity contribution in [1.29, 1.82) is 0 Å². The SMILES string of the molecule is C=C(C)[C@@H]1CC[C@]2(C)CC[C@]3(C)[C@H](CC[C@@H]4[C@@]5(C)CCC(OC(=O)CC(O)CCCCCCCCCCCCCCC)C(C)(C)[C@@H]5CC[C@]43C)[C@@H]12. The van der Waals surface area contributed by atoms with E-state index in [1.54, 1.807) is 0 Å². The Morgan fingerprint density at radius 3 is 1.92 bits per heavy atom. The van der Waals surface area contributed by atoms with Gasteiger partial charge in [0.2, 0.25) is 0 Å². The zero-order valence-electron chi connectivity index (χ0n) is 35.2. The van der Waals surface area contributed by atoms with Gasteiger partial charge >= 0.3 is 5.97 Å². The van der Waals surface area contributed by atoms with Crippen molar-refractivity contribution >= 4 is 5.97 Å². The number of carbonyl (C=O) groups is 1. The van der Waals surface area contributed by atoms with Gasteiger partial charge < -0.3 is 9.84 Å². The number of ether oxygens (including phenoxy) is 1. The van der Waals surface area contributed by atoms with Crippen LogP contribution in [0.15, 0.2) is 12.2 Å². The Hall–Kier alpha value is -0.830. The molecule has 294 valence electrons. The van der Waals surface area contributed by atoms with E-state index in [1.165, 1.54) is 128 Å². The largest absolute Gasteiger partial charge is 0.462 e. The first kappa shape index (κ1) is 41.3. The predicted molar refractivity (Wildman–Crippen MR) is 215 cm³/mol. The maximum atomic E-state index is 13.3. The van der Waals surface area contributed by atoms with Gasteiger partial charge in [-0.2, -0.15) is 0 Å². The van der Waals surface area contributed by atoms with E-state index >= 15 is 0 Å². The first-order chi connectivity index (χ1) is 24.1. The van der Waals surface area contributed by atoms with Gasteiger partial charge in [-0.05, 0) is 129 Å². The number of hydrogen-bond acceptors (Lipinski definition) is 3. The van der Waals surface area contributed by atoms with E-state index < -0.39 is 6.10 Å². The summed E-state index contributed by atoms with van der Waals surface area (Å²) in [5.74, 6) is 3.46. The monoisotopic (exact) mass is 709 g/mol. The highest BCUT2D eigenvalue weighted by atomic mass is 16.5. The highest BCUT2D eigenvalue weighted by molar-refractivity contribution is 5.70. The van der Waals surface area contributed by atoms with Crippen LogP contribution in [0.1, 0.15) is 216 Å². The van der Waals surface area contributed by atoms with Crippen LogP contribution in [0.5, 0.6) is 0 Å². The zero-order chi connectivity index (χ0) is 37.1. The molecule has 0 aliphatic heterocycles. The van der Waals surface area contributed by atoms with Crippen LogP contribution in [0.4, 0.5) is 0 Å². The Balaban J connectivity index is 1.08. The lowest BCUT2D eigenvalue weighted by molar-refractivity contribution is -0.249. The number of esters is 1. The number of hydrogen-bond donors (Lipinski definition) is 1. The van der Waals surface area contributed by atoms with Gasteiger partial charge in [0.15, 0.2) is 0 Å². The second-order valence-corrected chi connectivity index (χ2v) is 21.1. The predicted octanol–water partition coefficient (Wildman–Crippen LogP) is 13.8. The molecule has 0 aromatic rings. The lowest BCUT2D eigenvalue weighted by Gasteiger charge is -2.73. The highest BCUT2D eigenvalue weighted by Gasteiger charge is 2.70. The average molecular weight is 709 g/mol. The molecule has 0 radical (unpaired) electrons. The summed E-state index contributed by atoms with van der Waals surface area (Å²) in [6.45, 7) is 24.7. The van der Waals surface area contributed by atoms with Crippen molar-refractivity contribution in [2.24, 2.45) is 56.7 Å². The van der Waals surface area contributed by atoms with Crippen LogP contribution in [0.3, 0.4) is 0 Å². The molecule has 2 unspecified atom stereocenters. The van der Waals surface area contributed by atoms with Crippen LogP contribution in [0, 0.1) is 56.7 Å². The topological polar surface area (TPSA) is 46.5 Å². The highest BCUT2D eigenvalue weighted by Crippen LogP contribution is 2.77. The molecule has 1 N–H and O–H groups in total. The molecular weight excluding hydrogens is 625 g/mol. The van der Waals surface area contributed by atoms with E-state index in [4.69, 9.17) is 4.74 Å². The first-order valence-electron chi connectivity index (χ1n) is 22.7. The summed E-state index contributed by atoms with van der Waals surface area (Å²) in [5.41, 5.74) is 2.93. The minimum Gasteiger partial charge on any atom is -0.462 e. The third kappa shape index (κ3) is 8.25. The van der Waals surface area contributed by atoms with Crippen LogP contribution in [-0.2, 0) is 9.53 Å². The van der Waals surface area contributed by atoms with Crippen LogP contribution >= 0.6 is 0 Å². The van der Waals surface area contributed by atoms with E-state index in [0.29, 0.717) is 28.1 Å². The van der Waals surface area contributed by atoms with Crippen LogP contribution in [0.25, 0.3) is 0 Å². The number of allylic oxidation sites excluding steroid dienone is 1. The third-order valence-corrected chi connectivity index (χ3v) is 17.7. The quantitative estimate of drug-likeness (QED) is 0.0876. The fraction of sp³-hybridized carbons (Fsp3) is 0.938. The average Bonchev–Trinajstić information content (AvgIpc) is 3.43. The fourth-order valence-corrected chi connectivity index (χ4v) is 14.6. The molecule has 0 aromatic carbocycles. The van der Waals surface area contributed by atoms with Crippen molar-refractivity contribution in [2.45, 2.75) is 228 Å². The number of carbonyl (C=O) groups excluding carboxylic acids is 1. The molecule has 0 aromatic heterocycles. The fourth-order valence-electron chi connectivity index (χ4n) is 14.6. The van der Waals surface area contributed by atoms with Crippen LogP contribution in [0.2, 0.25) is 0 Å². The smallest absolute Gasteiger partial charge is 0.308 e. The number of rotatable bonds is 18. The van der Waals surface area contributed by atoms with Gasteiger partial charge in [0.05, 0.1) is 12.5 Å². The summed E-state index contributed by atoms with van der Waals surface area (Å²) >= 11 is 0. The molecular formula is C48H84O3. The van der Waals surface area contributed by atoms with Gasteiger partial charge in [-0.25, -0.2) is 0 Å². The van der Waals surface area contributed by atoms with Gasteiger partial charge in [0, 0.05) is 5.41 Å². The molecule has 3 heteroatoms. The van der Waals surface area contributed by atoms with E-state index in [9.17, 15) is 9.90 Å². The standard InChI is InChI=1S/C48H84O3/c1-10-11-12-13-14-15-16-17-18-19-20-21-22-23-36(49)34-42(50)51-41-28-30-46(7)39(44(41,4)5)27-31-48(9)40(46)25-24-38-43-37(35(2)3)26-29-45(43,6)32-33-47(38,48)8/h36-41,43,49H,2,10-34H2,1,3-9H3/t36?,37-,38+,39-,40+,41?,43+,45+,46-,47+,48+/m0/s1. The summed E-state index contributed by atoms with van der Waals surface area (Å²) in [4.78, 5) is 13.3. The van der Waals surface area contributed by atoms with Crippen molar-refractivity contribution in [3.63, 3.8) is 0 Å². The number of unbranched alkanes of at least 4 members (excludes halogenated alkanes) is 12. The lowest BCUT2D eigenvalue weighted by atomic mass is 9.32. The minimum atomic E-state index is -0.574. The summed E-state index contributed by atoms with van der Waals surface area (Å²) in [5, 5.41) is 10.8. The number of fused-ring (bicyclic) bond motifs is 7. The number of aliphatic hydroxyl groups is 1. The van der Waals surface area contributed by atoms with Gasteiger partial charge in [-0.15, -0.1) is 0 Å². The summed E-state index contributed by atoms with van der Waals surface area (Å²) < 4.78 is 6.34.